The molecule has 37 heavy (non-hydrogen) atoms. The molecule has 3 aromatic rings. The molecule has 1 amide bonds. The first-order valence-corrected chi connectivity index (χ1v) is 12.3. The molecule has 0 spiro atoms. The van der Waals surface area contributed by atoms with Gasteiger partial charge in [-0.15, -0.1) is 0 Å². The van der Waals surface area contributed by atoms with Crippen molar-refractivity contribution in [1.82, 2.24) is 29.7 Å². The highest BCUT2D eigenvalue weighted by Gasteiger charge is 2.33. The quantitative estimate of drug-likeness (QED) is 0.226. The van der Waals surface area contributed by atoms with E-state index in [0.717, 1.165) is 24.7 Å². The standard InChI is InChI=1S/C25H30ClN7O4/c1-36-20-6-5-18(14-21(20)37-2)4-3-7-28-24(35)19-16-31(12-13-34)10-11-33(19)23-15-22(26)29-25(30-23)32-9-8-27-17-32/h5-6,8-9,13-15,17,19H,3-4,7,10-12,16H2,1-2H3,(H,28,35). The molecule has 1 aliphatic rings. The van der Waals surface area contributed by atoms with Crippen molar-refractivity contribution < 1.29 is 19.1 Å². The van der Waals surface area contributed by atoms with Crippen LogP contribution in [0.4, 0.5) is 5.82 Å². The number of aryl methyl sites for hydroxylation is 1. The number of carbonyl (C=O) groups excluding carboxylic acids is 2. The number of piperazine rings is 1. The normalized spacial score (nSPS) is 15.9. The number of imidazole rings is 1. The van der Waals surface area contributed by atoms with Gasteiger partial charge in [0.15, 0.2) is 11.5 Å². The Kier molecular flexibility index (Phi) is 8.91. The lowest BCUT2D eigenvalue weighted by Crippen LogP contribution is -2.59. The van der Waals surface area contributed by atoms with E-state index in [2.05, 4.69) is 20.3 Å². The molecule has 0 radical (unpaired) electrons. The average Bonchev–Trinajstić information content (AvgIpc) is 3.46. The van der Waals surface area contributed by atoms with Crippen molar-refractivity contribution in [2.45, 2.75) is 18.9 Å². The molecular formula is C25H30ClN7O4. The fraction of sp³-hybridized carbons (Fsp3) is 0.400. The fourth-order valence-corrected chi connectivity index (χ4v) is 4.47. The second-order valence-electron chi connectivity index (χ2n) is 8.54. The zero-order valence-electron chi connectivity index (χ0n) is 20.8. The van der Waals surface area contributed by atoms with Crippen molar-refractivity contribution >= 4 is 29.6 Å². The van der Waals surface area contributed by atoms with Gasteiger partial charge < -0.3 is 24.5 Å². The zero-order chi connectivity index (χ0) is 26.2. The zero-order valence-corrected chi connectivity index (χ0v) is 21.6. The molecule has 2 aromatic heterocycles. The maximum absolute atomic E-state index is 13.3. The minimum Gasteiger partial charge on any atom is -0.493 e. The predicted octanol–water partition coefficient (Wildman–Crippen LogP) is 1.77. The minimum atomic E-state index is -0.545. The second-order valence-corrected chi connectivity index (χ2v) is 8.93. The van der Waals surface area contributed by atoms with Crippen LogP contribution in [-0.2, 0) is 16.0 Å². The number of rotatable bonds is 11. The molecule has 1 aliphatic heterocycles. The van der Waals surface area contributed by atoms with Crippen LogP contribution in [0, 0.1) is 0 Å². The van der Waals surface area contributed by atoms with Gasteiger partial charge in [0.25, 0.3) is 0 Å². The lowest BCUT2D eigenvalue weighted by molar-refractivity contribution is -0.123. The summed E-state index contributed by atoms with van der Waals surface area (Å²) in [5.74, 6) is 2.12. The van der Waals surface area contributed by atoms with Crippen LogP contribution in [0.2, 0.25) is 5.15 Å². The lowest BCUT2D eigenvalue weighted by atomic mass is 10.1. The molecule has 1 N–H and O–H groups in total. The second kappa shape index (κ2) is 12.5. The van der Waals surface area contributed by atoms with Gasteiger partial charge in [-0.25, -0.2) is 9.97 Å². The van der Waals surface area contributed by atoms with Gasteiger partial charge >= 0.3 is 0 Å². The van der Waals surface area contributed by atoms with Gasteiger partial charge in [-0.3, -0.25) is 14.3 Å². The Morgan fingerprint density at radius 2 is 2.03 bits per heavy atom. The van der Waals surface area contributed by atoms with E-state index in [0.29, 0.717) is 49.4 Å². The molecule has 3 heterocycles. The first-order chi connectivity index (χ1) is 18.0. The SMILES string of the molecule is COc1ccc(CCCNC(=O)C2CN(CC=O)CCN2c2cc(Cl)nc(-n3ccnc3)n2)cc1OC. The number of aldehydes is 1. The van der Waals surface area contributed by atoms with Crippen LogP contribution in [0.25, 0.3) is 5.95 Å². The molecule has 1 fully saturated rings. The van der Waals surface area contributed by atoms with Crippen molar-refractivity contribution in [1.29, 1.82) is 0 Å². The number of amides is 1. The van der Waals surface area contributed by atoms with Crippen LogP contribution in [0.3, 0.4) is 0 Å². The molecule has 0 saturated carbocycles. The number of hydrogen-bond donors (Lipinski definition) is 1. The number of carbonyl (C=O) groups is 2. The molecule has 0 aliphatic carbocycles. The maximum Gasteiger partial charge on any atom is 0.244 e. The van der Waals surface area contributed by atoms with Gasteiger partial charge in [-0.1, -0.05) is 17.7 Å². The minimum absolute atomic E-state index is 0.137. The number of hydrogen-bond acceptors (Lipinski definition) is 9. The summed E-state index contributed by atoms with van der Waals surface area (Å²) in [7, 11) is 3.21. The summed E-state index contributed by atoms with van der Waals surface area (Å²) in [6.45, 7) is 2.28. The van der Waals surface area contributed by atoms with Crippen LogP contribution in [0.5, 0.6) is 11.5 Å². The van der Waals surface area contributed by atoms with Gasteiger partial charge in [-0.05, 0) is 30.5 Å². The Labute approximate surface area is 220 Å². The molecule has 0 bridgehead atoms. The number of aromatic nitrogens is 4. The predicted molar refractivity (Wildman–Crippen MR) is 139 cm³/mol. The van der Waals surface area contributed by atoms with Crippen LogP contribution < -0.4 is 19.7 Å². The van der Waals surface area contributed by atoms with E-state index in [4.69, 9.17) is 21.1 Å². The molecule has 4 rings (SSSR count). The molecule has 1 atom stereocenters. The number of methoxy groups -OCH3 is 2. The Hall–Kier alpha value is -3.70. The van der Waals surface area contributed by atoms with Crippen LogP contribution >= 0.6 is 11.6 Å². The van der Waals surface area contributed by atoms with Crippen molar-refractivity contribution in [2.75, 3.05) is 51.8 Å². The molecule has 11 nitrogen and oxygen atoms in total. The maximum atomic E-state index is 13.3. The third-order valence-corrected chi connectivity index (χ3v) is 6.38. The van der Waals surface area contributed by atoms with Gasteiger partial charge in [-0.2, -0.15) is 4.98 Å². The van der Waals surface area contributed by atoms with E-state index >= 15 is 0 Å². The highest BCUT2D eigenvalue weighted by Crippen LogP contribution is 2.28. The Bertz CT molecular complexity index is 1210. The van der Waals surface area contributed by atoms with Crippen LogP contribution in [-0.4, -0.2) is 89.6 Å². The largest absolute Gasteiger partial charge is 0.493 e. The lowest BCUT2D eigenvalue weighted by Gasteiger charge is -2.40. The first-order valence-electron chi connectivity index (χ1n) is 12.0. The smallest absolute Gasteiger partial charge is 0.244 e. The third kappa shape index (κ3) is 6.55. The van der Waals surface area contributed by atoms with Gasteiger partial charge in [0.05, 0.1) is 20.8 Å². The third-order valence-electron chi connectivity index (χ3n) is 6.19. The number of halogens is 1. The highest BCUT2D eigenvalue weighted by molar-refractivity contribution is 6.29. The summed E-state index contributed by atoms with van der Waals surface area (Å²) in [6.07, 6.45) is 7.30. The highest BCUT2D eigenvalue weighted by atomic mass is 35.5. The molecule has 1 aromatic carbocycles. The van der Waals surface area contributed by atoms with E-state index in [9.17, 15) is 9.59 Å². The molecule has 12 heteroatoms. The Morgan fingerprint density at radius 1 is 1.19 bits per heavy atom. The van der Waals surface area contributed by atoms with E-state index in [-0.39, 0.29) is 17.6 Å². The van der Waals surface area contributed by atoms with Gasteiger partial charge in [0.1, 0.15) is 29.6 Å². The number of benzene rings is 1. The van der Waals surface area contributed by atoms with Crippen molar-refractivity contribution in [3.05, 3.63) is 53.7 Å². The molecule has 196 valence electrons. The number of nitrogens with zero attached hydrogens (tertiary/aromatic N) is 6. The summed E-state index contributed by atoms with van der Waals surface area (Å²) in [6, 6.07) is 6.90. The first kappa shape index (κ1) is 26.4. The molecule has 1 unspecified atom stereocenters. The Morgan fingerprint density at radius 3 is 2.76 bits per heavy atom. The summed E-state index contributed by atoms with van der Waals surface area (Å²) < 4.78 is 12.3. The van der Waals surface area contributed by atoms with Crippen molar-refractivity contribution in [3.8, 4) is 17.4 Å². The number of anilines is 1. The fourth-order valence-electron chi connectivity index (χ4n) is 4.30. The van der Waals surface area contributed by atoms with E-state index in [1.807, 2.05) is 28.0 Å². The topological polar surface area (TPSA) is 115 Å². The number of nitrogens with one attached hydrogen (secondary N) is 1. The van der Waals surface area contributed by atoms with Gasteiger partial charge in [0, 0.05) is 44.6 Å². The summed E-state index contributed by atoms with van der Waals surface area (Å²) in [5, 5.41) is 3.31. The van der Waals surface area contributed by atoms with Crippen molar-refractivity contribution in [2.24, 2.45) is 0 Å². The molecular weight excluding hydrogens is 498 g/mol. The molecule has 1 saturated heterocycles. The van der Waals surface area contributed by atoms with Crippen molar-refractivity contribution in [3.63, 3.8) is 0 Å². The van der Waals surface area contributed by atoms with Crippen LogP contribution in [0.15, 0.2) is 43.0 Å². The van der Waals surface area contributed by atoms with E-state index < -0.39 is 6.04 Å². The monoisotopic (exact) mass is 527 g/mol. The average molecular weight is 528 g/mol. The van der Waals surface area contributed by atoms with E-state index in [1.165, 1.54) is 0 Å². The summed E-state index contributed by atoms with van der Waals surface area (Å²) in [4.78, 5) is 41.3. The summed E-state index contributed by atoms with van der Waals surface area (Å²) >= 11 is 6.31. The van der Waals surface area contributed by atoms with Gasteiger partial charge in [0.2, 0.25) is 11.9 Å². The number of ether oxygens (including phenoxy) is 2. The Balaban J connectivity index is 1.44. The summed E-state index contributed by atoms with van der Waals surface area (Å²) in [5.41, 5.74) is 1.09. The van der Waals surface area contributed by atoms with Crippen LogP contribution in [0.1, 0.15) is 12.0 Å². The van der Waals surface area contributed by atoms with E-state index in [1.54, 1.807) is 43.6 Å².